The molecule has 0 saturated carbocycles. The van der Waals surface area contributed by atoms with Crippen LogP contribution in [0, 0.1) is 41.5 Å². The fourth-order valence-electron chi connectivity index (χ4n) is 3.59. The van der Waals surface area contributed by atoms with Crippen molar-refractivity contribution in [3.8, 4) is 0 Å². The molecule has 0 bridgehead atoms. The molecule has 0 aliphatic heterocycles. The third kappa shape index (κ3) is 3.51. The molecule has 128 valence electrons. The van der Waals surface area contributed by atoms with E-state index in [2.05, 4.69) is 23.8 Å². The second-order valence-electron chi connectivity index (χ2n) is 6.51. The van der Waals surface area contributed by atoms with Crippen molar-refractivity contribution in [1.29, 1.82) is 0 Å². The van der Waals surface area contributed by atoms with Gasteiger partial charge in [0.2, 0.25) is 12.2 Å². The van der Waals surface area contributed by atoms with Crippen LogP contribution >= 0.6 is 0 Å². The molecule has 0 amide bonds. The van der Waals surface area contributed by atoms with Crippen LogP contribution < -0.4 is 0 Å². The predicted octanol–water partition coefficient (Wildman–Crippen LogP) is 5.06. The highest BCUT2D eigenvalue weighted by Gasteiger charge is 2.16. The van der Waals surface area contributed by atoms with Crippen LogP contribution in [0.2, 0.25) is 0 Å². The van der Waals surface area contributed by atoms with Crippen LogP contribution in [0.3, 0.4) is 0 Å². The molecule has 0 aliphatic rings. The molecule has 0 aliphatic carbocycles. The van der Waals surface area contributed by atoms with Gasteiger partial charge in [0.05, 0.1) is 11.4 Å². The van der Waals surface area contributed by atoms with Gasteiger partial charge in [0.15, 0.2) is 0 Å². The number of hydrogen-bond acceptors (Lipinski definition) is 4. The zero-order valence-corrected chi connectivity index (χ0v) is 15.6. The SMILES string of the molecule is Cc1cc(C)c(N=C=O)c(C)c1Cc1c(C)cc(C)c(N=C=O)c1C. The first-order valence-electron chi connectivity index (χ1n) is 8.16. The minimum atomic E-state index is 0.684. The van der Waals surface area contributed by atoms with Gasteiger partial charge >= 0.3 is 0 Å². The summed E-state index contributed by atoms with van der Waals surface area (Å²) in [7, 11) is 0. The van der Waals surface area contributed by atoms with Gasteiger partial charge in [-0.05, 0) is 92.5 Å². The zero-order valence-electron chi connectivity index (χ0n) is 15.6. The quantitative estimate of drug-likeness (QED) is 0.579. The fraction of sp³-hybridized carbons (Fsp3) is 0.333. The Kier molecular flexibility index (Phi) is 5.48. The lowest BCUT2D eigenvalue weighted by Crippen LogP contribution is -2.02. The maximum Gasteiger partial charge on any atom is 0.240 e. The molecule has 0 fully saturated rings. The smallest absolute Gasteiger partial charge is 0.211 e. The number of nitrogens with zero attached hydrogens (tertiary/aromatic N) is 2. The highest BCUT2D eigenvalue weighted by Crippen LogP contribution is 2.34. The lowest BCUT2D eigenvalue weighted by atomic mass is 9.88. The summed E-state index contributed by atoms with van der Waals surface area (Å²) in [6.45, 7) is 12.0. The maximum absolute atomic E-state index is 10.8. The summed E-state index contributed by atoms with van der Waals surface area (Å²) < 4.78 is 0. The molecule has 2 rings (SSSR count). The minimum Gasteiger partial charge on any atom is -0.211 e. The van der Waals surface area contributed by atoms with Gasteiger partial charge < -0.3 is 0 Å². The summed E-state index contributed by atoms with van der Waals surface area (Å²) in [5.74, 6) is 0. The van der Waals surface area contributed by atoms with Gasteiger partial charge in [-0.25, -0.2) is 9.59 Å². The lowest BCUT2D eigenvalue weighted by Gasteiger charge is -2.18. The molecule has 0 radical (unpaired) electrons. The number of hydrogen-bond donors (Lipinski definition) is 0. The van der Waals surface area contributed by atoms with Crippen molar-refractivity contribution < 1.29 is 9.59 Å². The lowest BCUT2D eigenvalue weighted by molar-refractivity contribution is 0.564. The van der Waals surface area contributed by atoms with Crippen molar-refractivity contribution in [2.75, 3.05) is 0 Å². The number of aliphatic imine (C=N–C) groups is 2. The summed E-state index contributed by atoms with van der Waals surface area (Å²) >= 11 is 0. The molecule has 0 heterocycles. The van der Waals surface area contributed by atoms with Crippen molar-refractivity contribution in [2.45, 2.75) is 48.0 Å². The van der Waals surface area contributed by atoms with E-state index in [0.29, 0.717) is 17.8 Å². The van der Waals surface area contributed by atoms with E-state index >= 15 is 0 Å². The van der Waals surface area contributed by atoms with Gasteiger partial charge in [0, 0.05) is 0 Å². The van der Waals surface area contributed by atoms with E-state index in [1.807, 2.05) is 39.8 Å². The van der Waals surface area contributed by atoms with Crippen molar-refractivity contribution >= 4 is 23.5 Å². The van der Waals surface area contributed by atoms with Crippen LogP contribution in [0.15, 0.2) is 22.1 Å². The molecule has 0 unspecified atom stereocenters. The Labute approximate surface area is 148 Å². The van der Waals surface area contributed by atoms with Crippen LogP contribution in [0.4, 0.5) is 11.4 Å². The summed E-state index contributed by atoms with van der Waals surface area (Å²) in [5.41, 5.74) is 9.84. The van der Waals surface area contributed by atoms with Gasteiger partial charge in [-0.1, -0.05) is 12.1 Å². The Balaban J connectivity index is 2.69. The number of rotatable bonds is 4. The number of carbonyl (C=O) groups excluding carboxylic acids is 2. The standard InChI is InChI=1S/C21H22N2O2/c1-12-7-14(3)20(22-10-24)16(5)18(12)9-19-13(2)8-15(4)21(17(19)6)23-11-25/h7-8H,9H2,1-6H3. The molecule has 0 spiro atoms. The van der Waals surface area contributed by atoms with Crippen molar-refractivity contribution in [1.82, 2.24) is 0 Å². The van der Waals surface area contributed by atoms with E-state index in [-0.39, 0.29) is 0 Å². The van der Waals surface area contributed by atoms with E-state index in [1.54, 1.807) is 12.2 Å². The highest BCUT2D eigenvalue weighted by molar-refractivity contribution is 5.65. The van der Waals surface area contributed by atoms with Crippen LogP contribution in [0.5, 0.6) is 0 Å². The Bertz CT molecular complexity index is 868. The molecule has 0 N–H and O–H groups in total. The predicted molar refractivity (Wildman–Crippen MR) is 99.7 cm³/mol. The monoisotopic (exact) mass is 334 g/mol. The molecule has 25 heavy (non-hydrogen) atoms. The molecule has 4 heteroatoms. The first kappa shape index (κ1) is 18.5. The van der Waals surface area contributed by atoms with Gasteiger partial charge in [0.1, 0.15) is 0 Å². The molecule has 2 aromatic rings. The first-order chi connectivity index (χ1) is 11.8. The Morgan fingerprint density at radius 1 is 0.680 bits per heavy atom. The highest BCUT2D eigenvalue weighted by atomic mass is 16.1. The van der Waals surface area contributed by atoms with E-state index in [1.165, 1.54) is 0 Å². The third-order valence-corrected chi connectivity index (χ3v) is 4.85. The number of benzene rings is 2. The minimum absolute atomic E-state index is 0.684. The summed E-state index contributed by atoms with van der Waals surface area (Å²) in [6.07, 6.45) is 3.99. The van der Waals surface area contributed by atoms with Gasteiger partial charge in [-0.3, -0.25) is 0 Å². The van der Waals surface area contributed by atoms with Crippen LogP contribution in [-0.4, -0.2) is 12.2 Å². The summed E-state index contributed by atoms with van der Waals surface area (Å²) in [4.78, 5) is 29.3. The number of aryl methyl sites for hydroxylation is 4. The van der Waals surface area contributed by atoms with E-state index in [9.17, 15) is 9.59 Å². The van der Waals surface area contributed by atoms with E-state index in [4.69, 9.17) is 0 Å². The Hall–Kier alpha value is -2.80. The second kappa shape index (κ2) is 7.40. The molecule has 2 aromatic carbocycles. The second-order valence-corrected chi connectivity index (χ2v) is 6.51. The summed E-state index contributed by atoms with van der Waals surface area (Å²) in [6, 6.07) is 4.09. The van der Waals surface area contributed by atoms with Crippen molar-refractivity contribution in [2.24, 2.45) is 9.98 Å². The van der Waals surface area contributed by atoms with E-state index < -0.39 is 0 Å². The fourth-order valence-corrected chi connectivity index (χ4v) is 3.59. The van der Waals surface area contributed by atoms with Gasteiger partial charge in [-0.15, -0.1) is 0 Å². The van der Waals surface area contributed by atoms with Crippen LogP contribution in [0.25, 0.3) is 0 Å². The van der Waals surface area contributed by atoms with Crippen molar-refractivity contribution in [3.05, 3.63) is 56.6 Å². The Morgan fingerprint density at radius 2 is 1.04 bits per heavy atom. The molecular weight excluding hydrogens is 312 g/mol. The zero-order chi connectivity index (χ0) is 18.7. The summed E-state index contributed by atoms with van der Waals surface area (Å²) in [5, 5.41) is 0. The first-order valence-corrected chi connectivity index (χ1v) is 8.16. The maximum atomic E-state index is 10.8. The largest absolute Gasteiger partial charge is 0.240 e. The van der Waals surface area contributed by atoms with Crippen LogP contribution in [0.1, 0.15) is 44.5 Å². The number of isocyanates is 2. The van der Waals surface area contributed by atoms with Crippen LogP contribution in [-0.2, 0) is 16.0 Å². The third-order valence-electron chi connectivity index (χ3n) is 4.85. The molecule has 0 atom stereocenters. The molecule has 0 aromatic heterocycles. The van der Waals surface area contributed by atoms with E-state index in [0.717, 1.165) is 44.5 Å². The topological polar surface area (TPSA) is 58.9 Å². The van der Waals surface area contributed by atoms with Gasteiger partial charge in [0.25, 0.3) is 0 Å². The Morgan fingerprint density at radius 3 is 1.36 bits per heavy atom. The average Bonchev–Trinajstić information content (AvgIpc) is 2.54. The van der Waals surface area contributed by atoms with Gasteiger partial charge in [-0.2, -0.15) is 9.98 Å². The average molecular weight is 334 g/mol. The molecule has 0 saturated heterocycles. The normalized spacial score (nSPS) is 10.2. The molecular formula is C21H22N2O2. The van der Waals surface area contributed by atoms with Crippen molar-refractivity contribution in [3.63, 3.8) is 0 Å². The molecule has 4 nitrogen and oxygen atoms in total.